The predicted molar refractivity (Wildman–Crippen MR) is 236 cm³/mol. The Labute approximate surface area is 333 Å². The zero-order valence-corrected chi connectivity index (χ0v) is 31.8. The lowest BCUT2D eigenvalue weighted by atomic mass is 9.70. The number of benzene rings is 7. The smallest absolute Gasteiger partial charge is 0.160 e. The van der Waals surface area contributed by atoms with Crippen LogP contribution < -0.4 is 4.90 Å². The Balaban J connectivity index is 1.00. The van der Waals surface area contributed by atoms with Gasteiger partial charge in [-0.05, 0) is 85.0 Å². The topological polar surface area (TPSA) is 34.0 Å². The average Bonchev–Trinajstić information content (AvgIpc) is 3.75. The van der Waals surface area contributed by atoms with Crippen LogP contribution in [0.1, 0.15) is 30.9 Å². The first kappa shape index (κ1) is 33.3. The molecule has 57 heavy (non-hydrogen) atoms. The molecule has 4 heteroatoms. The van der Waals surface area contributed by atoms with Crippen LogP contribution >= 0.6 is 0 Å². The van der Waals surface area contributed by atoms with Crippen LogP contribution in [0.5, 0.6) is 0 Å². The van der Waals surface area contributed by atoms with E-state index in [0.29, 0.717) is 6.04 Å². The lowest BCUT2D eigenvalue weighted by molar-refractivity contribution is 0.446. The van der Waals surface area contributed by atoms with Crippen LogP contribution in [0, 0.1) is 0 Å². The molecule has 0 N–H and O–H groups in total. The van der Waals surface area contributed by atoms with Crippen molar-refractivity contribution in [3.05, 3.63) is 205 Å². The molecular formula is C53H40N4. The number of fused-ring (bicyclic) bond motifs is 6. The van der Waals surface area contributed by atoms with Crippen LogP contribution in [0.2, 0.25) is 0 Å². The van der Waals surface area contributed by atoms with Gasteiger partial charge in [0.25, 0.3) is 0 Å². The summed E-state index contributed by atoms with van der Waals surface area (Å²) in [6, 6.07) is 67.7. The van der Waals surface area contributed by atoms with Crippen molar-refractivity contribution in [3.63, 3.8) is 0 Å². The van der Waals surface area contributed by atoms with Crippen molar-refractivity contribution in [3.8, 4) is 39.6 Å². The predicted octanol–water partition coefficient (Wildman–Crippen LogP) is 13.2. The highest BCUT2D eigenvalue weighted by Crippen LogP contribution is 2.54. The number of hydrogen-bond acceptors (Lipinski definition) is 3. The highest BCUT2D eigenvalue weighted by Gasteiger charge is 2.48. The monoisotopic (exact) mass is 732 g/mol. The third kappa shape index (κ3) is 5.51. The SMILES string of the molecule is CC12C=C(c3ccc4c5ccccc5n(-c5ccc(-c6cc(-c7ccccc7)nc(-c7ccccc7)n6)cc5)c4c3)CCC1N(c1ccccc1)c1ccccc12. The minimum Gasteiger partial charge on any atom is -0.337 e. The summed E-state index contributed by atoms with van der Waals surface area (Å²) in [5.74, 6) is 0.719. The molecule has 0 radical (unpaired) electrons. The van der Waals surface area contributed by atoms with E-state index >= 15 is 0 Å². The van der Waals surface area contributed by atoms with Gasteiger partial charge in [-0.2, -0.15) is 0 Å². The van der Waals surface area contributed by atoms with Gasteiger partial charge >= 0.3 is 0 Å². The van der Waals surface area contributed by atoms with Crippen molar-refractivity contribution in [2.75, 3.05) is 4.90 Å². The molecule has 1 aliphatic heterocycles. The number of rotatable bonds is 6. The van der Waals surface area contributed by atoms with Gasteiger partial charge in [0, 0.05) is 56.0 Å². The normalized spacial score (nSPS) is 17.4. The zero-order valence-electron chi connectivity index (χ0n) is 31.8. The standard InChI is InChI=1S/C53H40N4/c1-53-35-40(28-32-51(53)57(41-19-9-4-10-20-41)49-24-14-12-22-45(49)53)39-27-31-44-43-21-11-13-23-48(43)56(50(44)33-39)42-29-25-37(26-30-42)47-34-46(36-15-5-2-6-16-36)54-52(55-47)38-17-7-3-8-18-38/h2-27,29-31,33-35,51H,28,32H2,1H3. The third-order valence-electron chi connectivity index (χ3n) is 12.2. The summed E-state index contributed by atoms with van der Waals surface area (Å²) in [6.45, 7) is 2.44. The minimum absolute atomic E-state index is 0.112. The van der Waals surface area contributed by atoms with E-state index in [0.717, 1.165) is 52.4 Å². The van der Waals surface area contributed by atoms with E-state index in [1.54, 1.807) is 0 Å². The lowest BCUT2D eigenvalue weighted by Gasteiger charge is -2.39. The van der Waals surface area contributed by atoms with Crippen LogP contribution in [0.25, 0.3) is 67.0 Å². The Bertz CT molecular complexity index is 2910. The fourth-order valence-corrected chi connectivity index (χ4v) is 9.52. The van der Waals surface area contributed by atoms with Crippen molar-refractivity contribution in [1.29, 1.82) is 0 Å². The summed E-state index contributed by atoms with van der Waals surface area (Å²) < 4.78 is 2.43. The van der Waals surface area contributed by atoms with E-state index in [2.05, 4.69) is 186 Å². The maximum absolute atomic E-state index is 5.09. The van der Waals surface area contributed by atoms with Crippen molar-refractivity contribution in [1.82, 2.24) is 14.5 Å². The number of anilines is 2. The number of hydrogen-bond donors (Lipinski definition) is 0. The summed E-state index contributed by atoms with van der Waals surface area (Å²) in [5.41, 5.74) is 15.0. The second-order valence-corrected chi connectivity index (χ2v) is 15.6. The Hall–Kier alpha value is -7.04. The van der Waals surface area contributed by atoms with Crippen LogP contribution in [0.4, 0.5) is 11.4 Å². The first-order valence-electron chi connectivity index (χ1n) is 19.9. The van der Waals surface area contributed by atoms with Crippen LogP contribution in [0.15, 0.2) is 194 Å². The van der Waals surface area contributed by atoms with Gasteiger partial charge in [0.05, 0.1) is 22.4 Å². The summed E-state index contributed by atoms with van der Waals surface area (Å²) in [6.07, 6.45) is 4.68. The maximum atomic E-state index is 5.09. The first-order valence-corrected chi connectivity index (χ1v) is 19.9. The number of nitrogens with zero attached hydrogens (tertiary/aromatic N) is 4. The summed E-state index contributed by atoms with van der Waals surface area (Å²) in [7, 11) is 0. The molecule has 11 rings (SSSR count). The van der Waals surface area contributed by atoms with Gasteiger partial charge in [-0.15, -0.1) is 0 Å². The highest BCUT2D eigenvalue weighted by atomic mass is 15.2. The Kier molecular flexibility index (Phi) is 7.78. The van der Waals surface area contributed by atoms with Crippen LogP contribution in [-0.2, 0) is 5.41 Å². The summed E-state index contributed by atoms with van der Waals surface area (Å²) in [5, 5.41) is 2.52. The average molecular weight is 733 g/mol. The Morgan fingerprint density at radius 2 is 1.11 bits per heavy atom. The molecule has 1 aliphatic carbocycles. The maximum Gasteiger partial charge on any atom is 0.160 e. The van der Waals surface area contributed by atoms with E-state index < -0.39 is 0 Å². The summed E-state index contributed by atoms with van der Waals surface area (Å²) in [4.78, 5) is 12.7. The number of aromatic nitrogens is 3. The van der Waals surface area contributed by atoms with Gasteiger partial charge in [0.2, 0.25) is 0 Å². The molecule has 0 amide bonds. The highest BCUT2D eigenvalue weighted by molar-refractivity contribution is 6.10. The van der Waals surface area contributed by atoms with Crippen LogP contribution in [-0.4, -0.2) is 20.6 Å². The molecule has 0 bridgehead atoms. The largest absolute Gasteiger partial charge is 0.337 e. The molecule has 2 aliphatic rings. The lowest BCUT2D eigenvalue weighted by Crippen LogP contribution is -2.41. The van der Waals surface area contributed by atoms with Gasteiger partial charge in [-0.3, -0.25) is 0 Å². The molecule has 2 aromatic heterocycles. The Morgan fingerprint density at radius 3 is 1.86 bits per heavy atom. The molecule has 9 aromatic rings. The van der Waals surface area contributed by atoms with E-state index in [1.807, 2.05) is 24.3 Å². The fraction of sp³-hybridized carbons (Fsp3) is 0.0943. The van der Waals surface area contributed by atoms with Crippen LogP contribution in [0.3, 0.4) is 0 Å². The van der Waals surface area contributed by atoms with Crippen molar-refractivity contribution < 1.29 is 0 Å². The fourth-order valence-electron chi connectivity index (χ4n) is 9.52. The molecule has 7 aromatic carbocycles. The molecule has 2 unspecified atom stereocenters. The van der Waals surface area contributed by atoms with Gasteiger partial charge in [-0.1, -0.05) is 146 Å². The third-order valence-corrected chi connectivity index (χ3v) is 12.2. The summed E-state index contributed by atoms with van der Waals surface area (Å²) >= 11 is 0. The number of para-hydroxylation sites is 3. The molecule has 0 saturated carbocycles. The second kappa shape index (κ2) is 13.3. The minimum atomic E-state index is -0.112. The van der Waals surface area contributed by atoms with Gasteiger partial charge in [0.1, 0.15) is 0 Å². The van der Waals surface area contributed by atoms with Gasteiger partial charge < -0.3 is 9.47 Å². The molecular weight excluding hydrogens is 693 g/mol. The van der Waals surface area contributed by atoms with Crippen molar-refractivity contribution >= 4 is 38.8 Å². The van der Waals surface area contributed by atoms with E-state index in [1.165, 1.54) is 49.9 Å². The first-order chi connectivity index (χ1) is 28.1. The molecule has 4 nitrogen and oxygen atoms in total. The van der Waals surface area contributed by atoms with E-state index in [-0.39, 0.29) is 5.41 Å². The van der Waals surface area contributed by atoms with E-state index in [4.69, 9.17) is 9.97 Å². The van der Waals surface area contributed by atoms with E-state index in [9.17, 15) is 0 Å². The molecule has 0 spiro atoms. The van der Waals surface area contributed by atoms with Gasteiger partial charge in [0.15, 0.2) is 5.82 Å². The molecule has 272 valence electrons. The zero-order chi connectivity index (χ0) is 37.9. The van der Waals surface area contributed by atoms with Crippen molar-refractivity contribution in [2.24, 2.45) is 0 Å². The second-order valence-electron chi connectivity index (χ2n) is 15.6. The molecule has 2 atom stereocenters. The quantitative estimate of drug-likeness (QED) is 0.171. The van der Waals surface area contributed by atoms with Crippen molar-refractivity contribution in [2.45, 2.75) is 31.2 Å². The molecule has 0 saturated heterocycles. The van der Waals surface area contributed by atoms with Gasteiger partial charge in [-0.25, -0.2) is 9.97 Å². The molecule has 0 fully saturated rings. The Morgan fingerprint density at radius 1 is 0.509 bits per heavy atom. The number of allylic oxidation sites excluding steroid dienone is 1. The molecule has 3 heterocycles.